The normalized spacial score (nSPS) is 10.9. The molecule has 0 saturated heterocycles. The number of nitrogens with two attached hydrogens (primary N) is 1. The number of thiophene rings is 1. The lowest BCUT2D eigenvalue weighted by atomic mass is 10.1. The molecule has 9 heteroatoms. The average molecular weight is 422 g/mol. The highest BCUT2D eigenvalue weighted by Crippen LogP contribution is 2.16. The van der Waals surface area contributed by atoms with Gasteiger partial charge in [0.05, 0.1) is 24.7 Å². The van der Waals surface area contributed by atoms with Gasteiger partial charge in [-0.05, 0) is 29.6 Å². The van der Waals surface area contributed by atoms with Crippen LogP contribution in [0.15, 0.2) is 69.4 Å². The fraction of sp³-hybridized carbons (Fsp3) is 0.143. The van der Waals surface area contributed by atoms with E-state index in [4.69, 9.17) is 10.2 Å². The van der Waals surface area contributed by atoms with Crippen molar-refractivity contribution in [2.75, 3.05) is 0 Å². The molecular formula is C21H18N4O4S. The Hall–Kier alpha value is -3.72. The van der Waals surface area contributed by atoms with E-state index in [1.807, 2.05) is 17.5 Å². The molecule has 8 nitrogen and oxygen atoms in total. The Morgan fingerprint density at radius 3 is 2.53 bits per heavy atom. The molecule has 0 fully saturated rings. The zero-order chi connectivity index (χ0) is 21.1. The summed E-state index contributed by atoms with van der Waals surface area (Å²) >= 11 is 1.53. The number of benzene rings is 1. The van der Waals surface area contributed by atoms with Crippen LogP contribution in [-0.4, -0.2) is 26.5 Å². The van der Waals surface area contributed by atoms with Gasteiger partial charge in [-0.1, -0.05) is 24.3 Å². The number of hydrogen-bond donors (Lipinski definition) is 1. The summed E-state index contributed by atoms with van der Waals surface area (Å²) < 4.78 is 6.37. The highest BCUT2D eigenvalue weighted by molar-refractivity contribution is 7.09. The third kappa shape index (κ3) is 4.01. The molecule has 3 heterocycles. The van der Waals surface area contributed by atoms with Gasteiger partial charge in [-0.15, -0.1) is 11.3 Å². The van der Waals surface area contributed by atoms with E-state index >= 15 is 0 Å². The van der Waals surface area contributed by atoms with Crippen LogP contribution in [0.3, 0.4) is 0 Å². The first kappa shape index (κ1) is 19.6. The Labute approximate surface area is 175 Å². The molecule has 0 atom stereocenters. The maximum Gasteiger partial charge on any atom is 0.275 e. The number of furan rings is 1. The molecule has 0 aliphatic carbocycles. The standard InChI is InChI=1S/C21H18N4O4S/c22-20(27)19-16-7-1-2-8-17(16)21(28)25(23-19)13-18(26)24(11-14-5-3-9-29-14)12-15-6-4-10-30-15/h1-10H,11-13H2,(H2,22,27). The summed E-state index contributed by atoms with van der Waals surface area (Å²) in [5.41, 5.74) is 4.94. The van der Waals surface area contributed by atoms with Gasteiger partial charge >= 0.3 is 0 Å². The second-order valence-corrected chi connectivity index (χ2v) is 7.66. The van der Waals surface area contributed by atoms with E-state index in [0.717, 1.165) is 9.56 Å². The van der Waals surface area contributed by atoms with Crippen molar-refractivity contribution in [2.24, 2.45) is 5.73 Å². The molecule has 4 aromatic rings. The number of fused-ring (bicyclic) bond motifs is 1. The molecule has 30 heavy (non-hydrogen) atoms. The molecule has 2 N–H and O–H groups in total. The maximum atomic E-state index is 13.1. The predicted molar refractivity (Wildman–Crippen MR) is 112 cm³/mol. The molecule has 0 aliphatic rings. The molecule has 4 rings (SSSR count). The monoisotopic (exact) mass is 422 g/mol. The Balaban J connectivity index is 1.67. The van der Waals surface area contributed by atoms with E-state index in [1.165, 1.54) is 17.6 Å². The number of nitrogens with zero attached hydrogens (tertiary/aromatic N) is 3. The highest BCUT2D eigenvalue weighted by Gasteiger charge is 2.20. The van der Waals surface area contributed by atoms with Crippen LogP contribution < -0.4 is 11.3 Å². The quantitative estimate of drug-likeness (QED) is 0.491. The van der Waals surface area contributed by atoms with E-state index in [9.17, 15) is 14.4 Å². The van der Waals surface area contributed by atoms with E-state index in [0.29, 0.717) is 17.7 Å². The van der Waals surface area contributed by atoms with Crippen molar-refractivity contribution >= 4 is 33.9 Å². The van der Waals surface area contributed by atoms with Gasteiger partial charge in [0.2, 0.25) is 5.91 Å². The first-order valence-corrected chi connectivity index (χ1v) is 10.0. The summed E-state index contributed by atoms with van der Waals surface area (Å²) in [6, 6.07) is 13.9. The lowest BCUT2D eigenvalue weighted by molar-refractivity contribution is -0.133. The first-order valence-electron chi connectivity index (χ1n) is 9.15. The van der Waals surface area contributed by atoms with Gasteiger partial charge in [0.1, 0.15) is 12.3 Å². The maximum absolute atomic E-state index is 13.1. The number of primary amides is 1. The van der Waals surface area contributed by atoms with Crippen LogP contribution in [0, 0.1) is 0 Å². The van der Waals surface area contributed by atoms with Crippen LogP contribution in [0.1, 0.15) is 21.1 Å². The molecular weight excluding hydrogens is 404 g/mol. The molecule has 0 radical (unpaired) electrons. The van der Waals surface area contributed by atoms with E-state index in [-0.39, 0.29) is 30.1 Å². The summed E-state index contributed by atoms with van der Waals surface area (Å²) in [7, 11) is 0. The minimum absolute atomic E-state index is 0.0474. The third-order valence-corrected chi connectivity index (χ3v) is 5.45. The van der Waals surface area contributed by atoms with Crippen molar-refractivity contribution in [3.63, 3.8) is 0 Å². The topological polar surface area (TPSA) is 111 Å². The molecule has 1 aromatic carbocycles. The Morgan fingerprint density at radius 1 is 1.07 bits per heavy atom. The van der Waals surface area contributed by atoms with E-state index in [2.05, 4.69) is 5.10 Å². The van der Waals surface area contributed by atoms with Gasteiger partial charge < -0.3 is 15.1 Å². The van der Waals surface area contributed by atoms with Crippen LogP contribution in [0.4, 0.5) is 0 Å². The van der Waals surface area contributed by atoms with Crippen LogP contribution in [-0.2, 0) is 24.4 Å². The number of hydrogen-bond acceptors (Lipinski definition) is 6. The number of carbonyl (C=O) groups is 2. The second kappa shape index (κ2) is 8.34. The molecule has 0 bridgehead atoms. The number of carbonyl (C=O) groups excluding carboxylic acids is 2. The molecule has 2 amide bonds. The average Bonchev–Trinajstić information content (AvgIpc) is 3.43. The lowest BCUT2D eigenvalue weighted by Crippen LogP contribution is -2.37. The van der Waals surface area contributed by atoms with Crippen LogP contribution in [0.5, 0.6) is 0 Å². The van der Waals surface area contributed by atoms with Crippen LogP contribution >= 0.6 is 11.3 Å². The van der Waals surface area contributed by atoms with Crippen molar-refractivity contribution in [2.45, 2.75) is 19.6 Å². The van der Waals surface area contributed by atoms with Crippen molar-refractivity contribution < 1.29 is 14.0 Å². The molecule has 0 spiro atoms. The Bertz CT molecular complexity index is 1210. The van der Waals surface area contributed by atoms with Gasteiger partial charge in [-0.25, -0.2) is 4.68 Å². The van der Waals surface area contributed by atoms with Crippen molar-refractivity contribution in [1.82, 2.24) is 14.7 Å². The minimum atomic E-state index is -0.765. The molecule has 0 saturated carbocycles. The predicted octanol–water partition coefficient (Wildman–Crippen LogP) is 2.38. The fourth-order valence-corrected chi connectivity index (χ4v) is 3.89. The summed E-state index contributed by atoms with van der Waals surface area (Å²) in [6.45, 7) is 0.285. The molecule has 0 aliphatic heterocycles. The SMILES string of the molecule is NC(=O)c1nn(CC(=O)N(Cc2ccco2)Cc2cccs2)c(=O)c2ccccc12. The Kier molecular flexibility index (Phi) is 5.44. The van der Waals surface area contributed by atoms with Gasteiger partial charge in [-0.2, -0.15) is 5.10 Å². The van der Waals surface area contributed by atoms with Crippen molar-refractivity contribution in [3.8, 4) is 0 Å². The van der Waals surface area contributed by atoms with E-state index in [1.54, 1.807) is 41.3 Å². The number of aromatic nitrogens is 2. The first-order chi connectivity index (χ1) is 14.5. The van der Waals surface area contributed by atoms with Crippen molar-refractivity contribution in [3.05, 3.63) is 86.9 Å². The molecule has 152 valence electrons. The largest absolute Gasteiger partial charge is 0.467 e. The van der Waals surface area contributed by atoms with Crippen LogP contribution in [0.25, 0.3) is 10.8 Å². The lowest BCUT2D eigenvalue weighted by Gasteiger charge is -2.21. The number of amides is 2. The molecule has 0 unspecified atom stereocenters. The summed E-state index contributed by atoms with van der Waals surface area (Å²) in [6.07, 6.45) is 1.54. The van der Waals surface area contributed by atoms with Gasteiger partial charge in [0.15, 0.2) is 5.69 Å². The smallest absolute Gasteiger partial charge is 0.275 e. The van der Waals surface area contributed by atoms with Gasteiger partial charge in [0.25, 0.3) is 11.5 Å². The minimum Gasteiger partial charge on any atom is -0.467 e. The second-order valence-electron chi connectivity index (χ2n) is 6.63. The molecule has 3 aromatic heterocycles. The third-order valence-electron chi connectivity index (χ3n) is 4.59. The van der Waals surface area contributed by atoms with Gasteiger partial charge in [-0.3, -0.25) is 14.4 Å². The van der Waals surface area contributed by atoms with E-state index < -0.39 is 11.5 Å². The Morgan fingerprint density at radius 2 is 1.87 bits per heavy atom. The zero-order valence-corrected chi connectivity index (χ0v) is 16.7. The van der Waals surface area contributed by atoms with Gasteiger partial charge in [0, 0.05) is 10.3 Å². The summed E-state index contributed by atoms with van der Waals surface area (Å²) in [5, 5.41) is 6.66. The summed E-state index contributed by atoms with van der Waals surface area (Å²) in [4.78, 5) is 40.4. The summed E-state index contributed by atoms with van der Waals surface area (Å²) in [5.74, 6) is -0.477. The zero-order valence-electron chi connectivity index (χ0n) is 15.9. The van der Waals surface area contributed by atoms with Crippen LogP contribution in [0.2, 0.25) is 0 Å². The number of rotatable bonds is 7. The van der Waals surface area contributed by atoms with Crippen molar-refractivity contribution in [1.29, 1.82) is 0 Å². The highest BCUT2D eigenvalue weighted by atomic mass is 32.1. The fourth-order valence-electron chi connectivity index (χ4n) is 3.17.